The SMILES string of the molecule is O=C(O)N1C=COc2ncccc21. The average molecular weight is 178 g/mol. The zero-order valence-corrected chi connectivity index (χ0v) is 6.54. The van der Waals surface area contributed by atoms with Crippen LogP contribution >= 0.6 is 0 Å². The maximum Gasteiger partial charge on any atom is 0.416 e. The number of carbonyl (C=O) groups is 1. The molecule has 0 aromatic carbocycles. The Kier molecular flexibility index (Phi) is 1.63. The number of nitrogens with zero attached hydrogens (tertiary/aromatic N) is 2. The van der Waals surface area contributed by atoms with Crippen LogP contribution in [0.3, 0.4) is 0 Å². The summed E-state index contributed by atoms with van der Waals surface area (Å²) in [5.74, 6) is 0.299. The van der Waals surface area contributed by atoms with Gasteiger partial charge in [-0.25, -0.2) is 14.7 Å². The van der Waals surface area contributed by atoms with Gasteiger partial charge in [-0.2, -0.15) is 0 Å². The van der Waals surface area contributed by atoms with Gasteiger partial charge in [0.2, 0.25) is 5.88 Å². The van der Waals surface area contributed by atoms with Crippen LogP contribution in [0.5, 0.6) is 5.88 Å². The second-order valence-corrected chi connectivity index (χ2v) is 2.38. The number of ether oxygens (including phenoxy) is 1. The third kappa shape index (κ3) is 1.20. The van der Waals surface area contributed by atoms with Crippen molar-refractivity contribution in [3.05, 3.63) is 30.8 Å². The Morgan fingerprint density at radius 2 is 2.46 bits per heavy atom. The number of amides is 1. The number of hydrogen-bond donors (Lipinski definition) is 1. The van der Waals surface area contributed by atoms with Crippen LogP contribution in [-0.2, 0) is 0 Å². The van der Waals surface area contributed by atoms with Gasteiger partial charge in [-0.15, -0.1) is 0 Å². The summed E-state index contributed by atoms with van der Waals surface area (Å²) >= 11 is 0. The van der Waals surface area contributed by atoms with E-state index in [1.165, 1.54) is 18.7 Å². The average Bonchev–Trinajstić information content (AvgIpc) is 2.17. The fourth-order valence-electron chi connectivity index (χ4n) is 1.06. The second kappa shape index (κ2) is 2.78. The number of carboxylic acid groups (broad SMARTS) is 1. The lowest BCUT2D eigenvalue weighted by Gasteiger charge is -2.19. The van der Waals surface area contributed by atoms with Gasteiger partial charge in [0.15, 0.2) is 0 Å². The number of anilines is 1. The Bertz CT molecular complexity index is 375. The molecule has 2 rings (SSSR count). The Labute approximate surface area is 73.9 Å². The Morgan fingerprint density at radius 3 is 3.23 bits per heavy atom. The predicted octanol–water partition coefficient (Wildman–Crippen LogP) is 1.43. The van der Waals surface area contributed by atoms with Crippen LogP contribution in [0, 0.1) is 0 Å². The smallest absolute Gasteiger partial charge is 0.416 e. The molecule has 1 amide bonds. The van der Waals surface area contributed by atoms with E-state index in [0.717, 1.165) is 4.90 Å². The predicted molar refractivity (Wildman–Crippen MR) is 44.5 cm³/mol. The molecule has 2 heterocycles. The van der Waals surface area contributed by atoms with Crippen molar-refractivity contribution in [2.75, 3.05) is 4.90 Å². The van der Waals surface area contributed by atoms with Crippen molar-refractivity contribution in [3.63, 3.8) is 0 Å². The number of pyridine rings is 1. The summed E-state index contributed by atoms with van der Waals surface area (Å²) in [7, 11) is 0. The highest BCUT2D eigenvalue weighted by atomic mass is 16.5. The van der Waals surface area contributed by atoms with Crippen molar-refractivity contribution in [2.45, 2.75) is 0 Å². The molecular weight excluding hydrogens is 172 g/mol. The van der Waals surface area contributed by atoms with E-state index < -0.39 is 6.09 Å². The maximum absolute atomic E-state index is 10.7. The van der Waals surface area contributed by atoms with E-state index in [9.17, 15) is 4.79 Å². The van der Waals surface area contributed by atoms with Gasteiger partial charge in [0.1, 0.15) is 11.9 Å². The van der Waals surface area contributed by atoms with Gasteiger partial charge in [0.05, 0.1) is 6.20 Å². The van der Waals surface area contributed by atoms with E-state index in [4.69, 9.17) is 9.84 Å². The van der Waals surface area contributed by atoms with Gasteiger partial charge in [0.25, 0.3) is 0 Å². The normalized spacial score (nSPS) is 13.4. The summed E-state index contributed by atoms with van der Waals surface area (Å²) in [5, 5.41) is 8.78. The van der Waals surface area contributed by atoms with Crippen molar-refractivity contribution in [3.8, 4) is 5.88 Å². The second-order valence-electron chi connectivity index (χ2n) is 2.38. The quantitative estimate of drug-likeness (QED) is 0.652. The monoisotopic (exact) mass is 178 g/mol. The van der Waals surface area contributed by atoms with Crippen molar-refractivity contribution >= 4 is 11.8 Å². The van der Waals surface area contributed by atoms with Gasteiger partial charge < -0.3 is 9.84 Å². The third-order valence-corrected chi connectivity index (χ3v) is 1.61. The van der Waals surface area contributed by atoms with Crippen LogP contribution in [-0.4, -0.2) is 16.2 Å². The molecule has 5 heteroatoms. The van der Waals surface area contributed by atoms with E-state index in [1.54, 1.807) is 12.1 Å². The Hall–Kier alpha value is -2.04. The molecule has 0 unspecified atom stereocenters. The van der Waals surface area contributed by atoms with E-state index in [-0.39, 0.29) is 0 Å². The number of rotatable bonds is 0. The zero-order chi connectivity index (χ0) is 9.26. The molecule has 1 aliphatic heterocycles. The number of hydrogen-bond acceptors (Lipinski definition) is 3. The lowest BCUT2D eigenvalue weighted by molar-refractivity contribution is 0.203. The zero-order valence-electron chi connectivity index (χ0n) is 6.54. The first-order chi connectivity index (χ1) is 6.29. The fourth-order valence-corrected chi connectivity index (χ4v) is 1.06. The molecule has 0 fully saturated rings. The molecule has 0 radical (unpaired) electrons. The molecule has 5 nitrogen and oxygen atoms in total. The lowest BCUT2D eigenvalue weighted by atomic mass is 10.3. The van der Waals surface area contributed by atoms with E-state index in [0.29, 0.717) is 11.6 Å². The minimum atomic E-state index is -1.06. The van der Waals surface area contributed by atoms with E-state index in [2.05, 4.69) is 4.98 Å². The molecule has 13 heavy (non-hydrogen) atoms. The van der Waals surface area contributed by atoms with Crippen molar-refractivity contribution in [1.29, 1.82) is 0 Å². The summed E-state index contributed by atoms with van der Waals surface area (Å²) in [6.45, 7) is 0. The van der Waals surface area contributed by atoms with E-state index >= 15 is 0 Å². The highest BCUT2D eigenvalue weighted by Gasteiger charge is 2.19. The van der Waals surface area contributed by atoms with E-state index in [1.807, 2.05) is 0 Å². The largest absolute Gasteiger partial charge is 0.464 e. The highest BCUT2D eigenvalue weighted by Crippen LogP contribution is 2.28. The molecule has 0 saturated heterocycles. The van der Waals surface area contributed by atoms with Crippen LogP contribution in [0.4, 0.5) is 10.5 Å². The van der Waals surface area contributed by atoms with Gasteiger partial charge in [-0.3, -0.25) is 0 Å². The van der Waals surface area contributed by atoms with Crippen molar-refractivity contribution in [1.82, 2.24) is 4.98 Å². The molecule has 1 aromatic heterocycles. The molecule has 0 saturated carbocycles. The molecule has 0 aliphatic carbocycles. The molecular formula is C8H6N2O3. The maximum atomic E-state index is 10.7. The summed E-state index contributed by atoms with van der Waals surface area (Å²) < 4.78 is 5.01. The Morgan fingerprint density at radius 1 is 1.62 bits per heavy atom. The molecule has 0 atom stereocenters. The topological polar surface area (TPSA) is 62.7 Å². The molecule has 1 N–H and O–H groups in total. The standard InChI is InChI=1S/C8H6N2O3/c11-8(12)10-4-5-13-7-6(10)2-1-3-9-7/h1-5H,(H,11,12). The molecule has 1 aliphatic rings. The van der Waals surface area contributed by atoms with Gasteiger partial charge in [-0.05, 0) is 12.1 Å². The van der Waals surface area contributed by atoms with Crippen LogP contribution in [0.2, 0.25) is 0 Å². The molecule has 0 bridgehead atoms. The fraction of sp³-hybridized carbons (Fsp3) is 0. The van der Waals surface area contributed by atoms with Crippen LogP contribution in [0.15, 0.2) is 30.8 Å². The van der Waals surface area contributed by atoms with Crippen LogP contribution in [0.25, 0.3) is 0 Å². The molecule has 66 valence electrons. The summed E-state index contributed by atoms with van der Waals surface area (Å²) in [4.78, 5) is 15.6. The number of aromatic nitrogens is 1. The van der Waals surface area contributed by atoms with Crippen LogP contribution < -0.4 is 9.64 Å². The summed E-state index contributed by atoms with van der Waals surface area (Å²) in [5.41, 5.74) is 0.428. The third-order valence-electron chi connectivity index (χ3n) is 1.61. The minimum absolute atomic E-state index is 0.299. The minimum Gasteiger partial charge on any atom is -0.464 e. The van der Waals surface area contributed by atoms with Crippen molar-refractivity contribution in [2.24, 2.45) is 0 Å². The van der Waals surface area contributed by atoms with Gasteiger partial charge in [0, 0.05) is 6.20 Å². The summed E-state index contributed by atoms with van der Waals surface area (Å²) in [6.07, 6.45) is 3.09. The molecule has 0 spiro atoms. The molecule has 1 aromatic rings. The highest BCUT2D eigenvalue weighted by molar-refractivity contribution is 5.90. The van der Waals surface area contributed by atoms with Gasteiger partial charge >= 0.3 is 6.09 Å². The Balaban J connectivity index is 2.48. The van der Waals surface area contributed by atoms with Gasteiger partial charge in [-0.1, -0.05) is 0 Å². The first-order valence-corrected chi connectivity index (χ1v) is 3.59. The van der Waals surface area contributed by atoms with Crippen molar-refractivity contribution < 1.29 is 14.6 Å². The first-order valence-electron chi connectivity index (χ1n) is 3.59. The summed E-state index contributed by atoms with van der Waals surface area (Å²) in [6, 6.07) is 3.28. The first kappa shape index (κ1) is 7.60. The number of fused-ring (bicyclic) bond motifs is 1. The van der Waals surface area contributed by atoms with Crippen LogP contribution in [0.1, 0.15) is 0 Å². The lowest BCUT2D eigenvalue weighted by Crippen LogP contribution is -2.25.